The summed E-state index contributed by atoms with van der Waals surface area (Å²) in [4.78, 5) is 56.1. The van der Waals surface area contributed by atoms with E-state index in [1.165, 1.54) is 5.56 Å². The number of urea groups is 1. The lowest BCUT2D eigenvalue weighted by Gasteiger charge is -2.39. The minimum Gasteiger partial charge on any atom is -0.351 e. The predicted octanol–water partition coefficient (Wildman–Crippen LogP) is 1.33. The lowest BCUT2D eigenvalue weighted by Crippen LogP contribution is -2.63. The number of nitrogens with one attached hydrogen (secondary N) is 4. The van der Waals surface area contributed by atoms with Gasteiger partial charge < -0.3 is 31.1 Å². The van der Waals surface area contributed by atoms with Crippen molar-refractivity contribution in [2.24, 2.45) is 0 Å². The fourth-order valence-corrected chi connectivity index (χ4v) is 6.19. The number of hydrogen-bond acceptors (Lipinski definition) is 5. The van der Waals surface area contributed by atoms with E-state index in [4.69, 9.17) is 0 Å². The molecule has 10 nitrogen and oxygen atoms in total. The summed E-state index contributed by atoms with van der Waals surface area (Å²) < 4.78 is 0. The van der Waals surface area contributed by atoms with Crippen molar-refractivity contribution in [1.82, 2.24) is 31.1 Å². The molecule has 1 aromatic carbocycles. The van der Waals surface area contributed by atoms with Gasteiger partial charge in [0.1, 0.15) is 12.1 Å². The van der Waals surface area contributed by atoms with Crippen LogP contribution in [0.5, 0.6) is 0 Å². The Hall–Kier alpha value is -3.14. The number of carbonyl (C=O) groups is 4. The van der Waals surface area contributed by atoms with Gasteiger partial charge in [0.15, 0.2) is 0 Å². The predicted molar refractivity (Wildman–Crippen MR) is 144 cm³/mol. The monoisotopic (exact) mass is 526 g/mol. The highest BCUT2D eigenvalue weighted by atomic mass is 16.2. The lowest BCUT2D eigenvalue weighted by molar-refractivity contribution is -0.145. The Labute approximate surface area is 225 Å². The minimum absolute atomic E-state index is 0.0262. The first-order valence-electron chi connectivity index (χ1n) is 14.0. The molecule has 2 saturated heterocycles. The van der Waals surface area contributed by atoms with Gasteiger partial charge in [-0.2, -0.15) is 0 Å². The summed E-state index contributed by atoms with van der Waals surface area (Å²) in [6, 6.07) is 7.88. The van der Waals surface area contributed by atoms with Gasteiger partial charge in [-0.15, -0.1) is 0 Å². The first kappa shape index (κ1) is 27.9. The zero-order chi connectivity index (χ0) is 27.2. The van der Waals surface area contributed by atoms with E-state index >= 15 is 0 Å². The van der Waals surface area contributed by atoms with E-state index in [2.05, 4.69) is 33.4 Å². The smallest absolute Gasteiger partial charge is 0.317 e. The van der Waals surface area contributed by atoms with Crippen molar-refractivity contribution < 1.29 is 19.2 Å². The Morgan fingerprint density at radius 1 is 0.947 bits per heavy atom. The van der Waals surface area contributed by atoms with Crippen LogP contribution in [0.1, 0.15) is 63.4 Å². The van der Waals surface area contributed by atoms with Crippen LogP contribution >= 0.6 is 0 Å². The van der Waals surface area contributed by atoms with Gasteiger partial charge in [-0.3, -0.25) is 14.4 Å². The maximum Gasteiger partial charge on any atom is 0.317 e. The maximum atomic E-state index is 13.9. The molecule has 10 heteroatoms. The van der Waals surface area contributed by atoms with Gasteiger partial charge in [-0.05, 0) is 51.6 Å². The van der Waals surface area contributed by atoms with Crippen molar-refractivity contribution >= 4 is 23.8 Å². The molecule has 1 unspecified atom stereocenters. The van der Waals surface area contributed by atoms with Crippen LogP contribution in [-0.2, 0) is 14.4 Å². The number of likely N-dealkylation sites (N-methyl/N-ethyl adjacent to an activating group) is 1. The molecule has 4 N–H and O–H groups in total. The van der Waals surface area contributed by atoms with Crippen LogP contribution < -0.4 is 21.3 Å². The van der Waals surface area contributed by atoms with Crippen LogP contribution in [0.25, 0.3) is 0 Å². The third-order valence-corrected chi connectivity index (χ3v) is 8.46. The molecular formula is C28H42N6O4. The highest BCUT2D eigenvalue weighted by molar-refractivity contribution is 5.94. The van der Waals surface area contributed by atoms with Crippen molar-refractivity contribution in [1.29, 1.82) is 0 Å². The van der Waals surface area contributed by atoms with Crippen LogP contribution in [-0.4, -0.2) is 90.9 Å². The summed E-state index contributed by atoms with van der Waals surface area (Å²) in [6.07, 6.45) is 5.99. The molecule has 5 amide bonds. The van der Waals surface area contributed by atoms with Crippen LogP contribution in [0.2, 0.25) is 0 Å². The van der Waals surface area contributed by atoms with Crippen LogP contribution in [0.3, 0.4) is 0 Å². The van der Waals surface area contributed by atoms with E-state index in [0.717, 1.165) is 25.7 Å². The van der Waals surface area contributed by atoms with Crippen LogP contribution in [0.15, 0.2) is 30.3 Å². The lowest BCUT2D eigenvalue weighted by atomic mass is 9.80. The van der Waals surface area contributed by atoms with Crippen LogP contribution in [0.4, 0.5) is 4.79 Å². The van der Waals surface area contributed by atoms with Gasteiger partial charge in [0.05, 0.1) is 12.6 Å². The molecule has 208 valence electrons. The number of amides is 5. The molecule has 1 saturated carbocycles. The molecule has 1 aliphatic carbocycles. The van der Waals surface area contributed by atoms with Gasteiger partial charge in [0, 0.05) is 31.6 Å². The van der Waals surface area contributed by atoms with E-state index in [9.17, 15) is 19.2 Å². The first-order chi connectivity index (χ1) is 18.3. The molecule has 0 aromatic heterocycles. The molecule has 0 spiro atoms. The summed E-state index contributed by atoms with van der Waals surface area (Å²) in [6.45, 7) is 2.20. The topological polar surface area (TPSA) is 123 Å². The van der Waals surface area contributed by atoms with Crippen molar-refractivity contribution in [3.63, 3.8) is 0 Å². The molecule has 0 radical (unpaired) electrons. The number of rotatable bonds is 6. The summed E-state index contributed by atoms with van der Waals surface area (Å²) in [7, 11) is 3.22. The number of carbonyl (C=O) groups excluding carboxylic acids is 4. The fraction of sp³-hybridized carbons (Fsp3) is 0.643. The molecule has 6 atom stereocenters. The van der Waals surface area contributed by atoms with Gasteiger partial charge in [0.25, 0.3) is 0 Å². The van der Waals surface area contributed by atoms with Crippen molar-refractivity contribution in [2.45, 2.75) is 88.0 Å². The number of hydrogen-bond donors (Lipinski definition) is 4. The molecule has 3 fully saturated rings. The second-order valence-electron chi connectivity index (χ2n) is 10.8. The second-order valence-corrected chi connectivity index (χ2v) is 10.8. The Balaban J connectivity index is 1.53. The summed E-state index contributed by atoms with van der Waals surface area (Å²) in [5.74, 6) is -0.495. The highest BCUT2D eigenvalue weighted by Gasteiger charge is 2.46. The van der Waals surface area contributed by atoms with E-state index in [-0.39, 0.29) is 48.3 Å². The minimum atomic E-state index is -0.932. The Morgan fingerprint density at radius 2 is 1.68 bits per heavy atom. The second kappa shape index (κ2) is 12.6. The molecule has 1 aromatic rings. The quantitative estimate of drug-likeness (QED) is 0.445. The van der Waals surface area contributed by atoms with Gasteiger partial charge in [0.2, 0.25) is 17.7 Å². The maximum absolute atomic E-state index is 13.9. The average molecular weight is 527 g/mol. The summed E-state index contributed by atoms with van der Waals surface area (Å²) in [5, 5.41) is 11.7. The number of benzene rings is 1. The first-order valence-corrected chi connectivity index (χ1v) is 14.0. The number of nitrogens with zero attached hydrogens (tertiary/aromatic N) is 2. The van der Waals surface area contributed by atoms with Gasteiger partial charge >= 0.3 is 6.03 Å². The zero-order valence-electron chi connectivity index (χ0n) is 22.7. The normalized spacial score (nSPS) is 28.5. The molecule has 2 heterocycles. The van der Waals surface area contributed by atoms with E-state index < -0.39 is 18.1 Å². The van der Waals surface area contributed by atoms with E-state index in [1.807, 2.05) is 18.2 Å². The summed E-state index contributed by atoms with van der Waals surface area (Å²) in [5.41, 5.74) is 1.24. The van der Waals surface area contributed by atoms with Gasteiger partial charge in [-0.25, -0.2) is 4.79 Å². The molecule has 0 bridgehead atoms. The standard InChI is InChI=1S/C28H42N6O4/c1-18(29-2)25(35)32-23-17-33(28(38)30-3)16-15-20-13-14-24(34(20)27(23)37)26(36)31-22-12-8-7-11-21(22)19-9-5-4-6-10-19/h4-6,9-10,18,20-24,29H,7-8,11-17H2,1-3H3,(H,30,38)(H,31,36)(H,32,35)/t18-,20+,21-,22?,23-,24-/m0/s1. The number of fused-ring (bicyclic) bond motifs is 1. The molecular weight excluding hydrogens is 484 g/mol. The molecule has 38 heavy (non-hydrogen) atoms. The molecule has 4 rings (SSSR count). The van der Waals surface area contributed by atoms with Crippen molar-refractivity contribution in [3.05, 3.63) is 35.9 Å². The fourth-order valence-electron chi connectivity index (χ4n) is 6.19. The van der Waals surface area contributed by atoms with E-state index in [1.54, 1.807) is 30.8 Å². The molecule has 2 aliphatic heterocycles. The Bertz CT molecular complexity index is 1000. The van der Waals surface area contributed by atoms with Crippen molar-refractivity contribution in [2.75, 3.05) is 27.2 Å². The average Bonchev–Trinajstić information content (AvgIpc) is 3.36. The van der Waals surface area contributed by atoms with E-state index in [0.29, 0.717) is 25.8 Å². The Kier molecular flexibility index (Phi) is 9.25. The third-order valence-electron chi connectivity index (χ3n) is 8.46. The Morgan fingerprint density at radius 3 is 2.39 bits per heavy atom. The SMILES string of the molecule is CNC(=O)N1CC[C@H]2CC[C@@H](C(=O)NC3CCCC[C@H]3c3ccccc3)N2C(=O)[C@@H](NC(=O)[C@H](C)NC)C1. The highest BCUT2D eigenvalue weighted by Crippen LogP contribution is 2.34. The van der Waals surface area contributed by atoms with Crippen LogP contribution in [0, 0.1) is 0 Å². The van der Waals surface area contributed by atoms with Gasteiger partial charge in [-0.1, -0.05) is 43.2 Å². The zero-order valence-corrected chi connectivity index (χ0v) is 22.7. The molecule has 3 aliphatic rings. The van der Waals surface area contributed by atoms with Crippen molar-refractivity contribution in [3.8, 4) is 0 Å². The third kappa shape index (κ3) is 6.11. The largest absolute Gasteiger partial charge is 0.351 e. The summed E-state index contributed by atoms with van der Waals surface area (Å²) >= 11 is 0.